The van der Waals surface area contributed by atoms with Gasteiger partial charge in [0.1, 0.15) is 16.5 Å². The van der Waals surface area contributed by atoms with E-state index in [0.717, 1.165) is 28.7 Å². The standard InChI is InChI=1S/C22H27N5O5S3/c1-13(2)10-32-20(29)19-15(4)23-21(34-19)24-18(28)11-33-22-26-25-17(27(22)5)12-35(30,31)16-8-6-14(3)7-9-16/h6-9,13H,10-12H2,1-5H3,(H,23,24,28). The van der Waals surface area contributed by atoms with Crippen molar-refractivity contribution in [2.24, 2.45) is 13.0 Å². The molecule has 0 saturated heterocycles. The molecule has 0 aliphatic carbocycles. The maximum absolute atomic E-state index is 12.7. The number of carbonyl (C=O) groups excluding carboxylic acids is 2. The number of benzene rings is 1. The van der Waals surface area contributed by atoms with Crippen molar-refractivity contribution in [3.8, 4) is 0 Å². The molecule has 13 heteroatoms. The number of carbonyl (C=O) groups is 2. The lowest BCUT2D eigenvalue weighted by Gasteiger charge is -2.06. The Balaban J connectivity index is 1.58. The number of sulfone groups is 1. The van der Waals surface area contributed by atoms with Crippen LogP contribution in [0.5, 0.6) is 0 Å². The van der Waals surface area contributed by atoms with Crippen LogP contribution in [0.3, 0.4) is 0 Å². The van der Waals surface area contributed by atoms with Gasteiger partial charge in [-0.2, -0.15) is 0 Å². The maximum Gasteiger partial charge on any atom is 0.350 e. The van der Waals surface area contributed by atoms with Gasteiger partial charge >= 0.3 is 5.97 Å². The molecular formula is C22H27N5O5S3. The molecule has 0 atom stereocenters. The molecule has 0 unspecified atom stereocenters. The number of amides is 1. The number of hydrogen-bond acceptors (Lipinski definition) is 10. The quantitative estimate of drug-likeness (QED) is 0.305. The number of ether oxygens (including phenoxy) is 1. The molecule has 0 spiro atoms. The molecule has 1 N–H and O–H groups in total. The minimum absolute atomic E-state index is 0.00242. The average Bonchev–Trinajstić information content (AvgIpc) is 3.32. The molecule has 3 aromatic rings. The average molecular weight is 538 g/mol. The Bertz CT molecular complexity index is 1310. The summed E-state index contributed by atoms with van der Waals surface area (Å²) >= 11 is 2.17. The molecule has 0 aliphatic heterocycles. The van der Waals surface area contributed by atoms with E-state index in [0.29, 0.717) is 27.5 Å². The molecule has 1 amide bonds. The van der Waals surface area contributed by atoms with Crippen LogP contribution in [0.15, 0.2) is 34.3 Å². The fraction of sp³-hybridized carbons (Fsp3) is 0.409. The lowest BCUT2D eigenvalue weighted by molar-refractivity contribution is -0.113. The summed E-state index contributed by atoms with van der Waals surface area (Å²) < 4.78 is 32.2. The number of anilines is 1. The van der Waals surface area contributed by atoms with Crippen LogP contribution < -0.4 is 5.32 Å². The Morgan fingerprint density at radius 3 is 2.51 bits per heavy atom. The molecular weight excluding hydrogens is 510 g/mol. The van der Waals surface area contributed by atoms with Crippen molar-refractivity contribution in [1.82, 2.24) is 19.7 Å². The van der Waals surface area contributed by atoms with Gasteiger partial charge in [-0.3, -0.25) is 4.79 Å². The molecule has 35 heavy (non-hydrogen) atoms. The summed E-state index contributed by atoms with van der Waals surface area (Å²) in [5.41, 5.74) is 1.45. The van der Waals surface area contributed by atoms with Crippen molar-refractivity contribution in [2.45, 2.75) is 43.5 Å². The number of nitrogens with zero attached hydrogens (tertiary/aromatic N) is 4. The minimum Gasteiger partial charge on any atom is -0.461 e. The zero-order valence-electron chi connectivity index (χ0n) is 20.1. The van der Waals surface area contributed by atoms with Crippen LogP contribution in [0.25, 0.3) is 0 Å². The normalized spacial score (nSPS) is 11.6. The second-order valence-electron chi connectivity index (χ2n) is 8.29. The second-order valence-corrected chi connectivity index (χ2v) is 12.2. The van der Waals surface area contributed by atoms with E-state index in [1.54, 1.807) is 42.8 Å². The molecule has 188 valence electrons. The van der Waals surface area contributed by atoms with Crippen molar-refractivity contribution in [2.75, 3.05) is 17.7 Å². The zero-order valence-corrected chi connectivity index (χ0v) is 22.5. The predicted octanol–water partition coefficient (Wildman–Crippen LogP) is 3.41. The Kier molecular flexibility index (Phi) is 8.67. The Hall–Kier alpha value is -2.77. The molecule has 0 radical (unpaired) electrons. The SMILES string of the molecule is Cc1ccc(S(=O)(=O)Cc2nnc(SCC(=O)Nc3nc(C)c(C(=O)OCC(C)C)s3)n2C)cc1. The lowest BCUT2D eigenvalue weighted by Crippen LogP contribution is -2.14. The number of thioether (sulfide) groups is 1. The summed E-state index contributed by atoms with van der Waals surface area (Å²) in [7, 11) is -1.93. The Labute approximate surface area is 212 Å². The van der Waals surface area contributed by atoms with Gasteiger partial charge in [0.25, 0.3) is 0 Å². The molecule has 1 aromatic carbocycles. The van der Waals surface area contributed by atoms with Gasteiger partial charge < -0.3 is 14.6 Å². The third-order valence-corrected chi connectivity index (χ3v) is 8.43. The van der Waals surface area contributed by atoms with Gasteiger partial charge in [0, 0.05) is 7.05 Å². The number of rotatable bonds is 10. The summed E-state index contributed by atoms with van der Waals surface area (Å²) in [6.45, 7) is 7.76. The molecule has 0 saturated carbocycles. The topological polar surface area (TPSA) is 133 Å². The number of hydrogen-bond donors (Lipinski definition) is 1. The molecule has 2 aromatic heterocycles. The van der Waals surface area contributed by atoms with Gasteiger partial charge in [-0.25, -0.2) is 18.2 Å². The molecule has 3 rings (SSSR count). The van der Waals surface area contributed by atoms with E-state index in [4.69, 9.17) is 4.74 Å². The number of aromatic nitrogens is 4. The van der Waals surface area contributed by atoms with E-state index in [1.807, 2.05) is 20.8 Å². The first kappa shape index (κ1) is 26.8. The molecule has 10 nitrogen and oxygen atoms in total. The van der Waals surface area contributed by atoms with Crippen molar-refractivity contribution >= 4 is 49.9 Å². The van der Waals surface area contributed by atoms with Gasteiger partial charge in [-0.05, 0) is 31.9 Å². The van der Waals surface area contributed by atoms with Gasteiger partial charge in [-0.1, -0.05) is 54.6 Å². The van der Waals surface area contributed by atoms with Crippen LogP contribution in [-0.4, -0.2) is 52.4 Å². The van der Waals surface area contributed by atoms with Crippen LogP contribution in [-0.2, 0) is 32.2 Å². The minimum atomic E-state index is -3.59. The predicted molar refractivity (Wildman–Crippen MR) is 134 cm³/mol. The van der Waals surface area contributed by atoms with Crippen LogP contribution in [0.1, 0.15) is 40.6 Å². The highest BCUT2D eigenvalue weighted by atomic mass is 32.2. The van der Waals surface area contributed by atoms with E-state index in [-0.39, 0.29) is 34.1 Å². The van der Waals surface area contributed by atoms with Crippen molar-refractivity contribution in [1.29, 1.82) is 0 Å². The van der Waals surface area contributed by atoms with Gasteiger partial charge in [0.05, 0.1) is 22.9 Å². The van der Waals surface area contributed by atoms with E-state index in [2.05, 4.69) is 20.5 Å². The van der Waals surface area contributed by atoms with Gasteiger partial charge in [0.15, 0.2) is 20.1 Å². The molecule has 2 heterocycles. The maximum atomic E-state index is 12.7. The first-order valence-corrected chi connectivity index (χ1v) is 14.2. The third kappa shape index (κ3) is 7.12. The van der Waals surface area contributed by atoms with Crippen LogP contribution in [0.4, 0.5) is 5.13 Å². The van der Waals surface area contributed by atoms with E-state index >= 15 is 0 Å². The van der Waals surface area contributed by atoms with Crippen molar-refractivity contribution < 1.29 is 22.7 Å². The fourth-order valence-corrected chi connectivity index (χ4v) is 5.74. The monoisotopic (exact) mass is 537 g/mol. The summed E-state index contributed by atoms with van der Waals surface area (Å²) in [6, 6.07) is 6.61. The highest BCUT2D eigenvalue weighted by molar-refractivity contribution is 7.99. The first-order chi connectivity index (χ1) is 16.5. The summed E-state index contributed by atoms with van der Waals surface area (Å²) in [4.78, 5) is 29.4. The summed E-state index contributed by atoms with van der Waals surface area (Å²) in [5, 5.41) is 11.4. The Morgan fingerprint density at radius 1 is 1.17 bits per heavy atom. The lowest BCUT2D eigenvalue weighted by atomic mass is 10.2. The van der Waals surface area contributed by atoms with Gasteiger partial charge in [0.2, 0.25) is 5.91 Å². The van der Waals surface area contributed by atoms with E-state index in [1.165, 1.54) is 0 Å². The Morgan fingerprint density at radius 2 is 1.86 bits per heavy atom. The highest BCUT2D eigenvalue weighted by Gasteiger charge is 2.22. The first-order valence-electron chi connectivity index (χ1n) is 10.7. The number of aryl methyl sites for hydroxylation is 2. The number of thiazole rings is 1. The second kappa shape index (κ2) is 11.3. The highest BCUT2D eigenvalue weighted by Crippen LogP contribution is 2.25. The fourth-order valence-electron chi connectivity index (χ4n) is 2.83. The van der Waals surface area contributed by atoms with Crippen molar-refractivity contribution in [3.63, 3.8) is 0 Å². The smallest absolute Gasteiger partial charge is 0.350 e. The summed E-state index contributed by atoms with van der Waals surface area (Å²) in [6.07, 6.45) is 0. The van der Waals surface area contributed by atoms with Gasteiger partial charge in [-0.15, -0.1) is 10.2 Å². The third-order valence-electron chi connectivity index (χ3n) is 4.73. The largest absolute Gasteiger partial charge is 0.461 e. The van der Waals surface area contributed by atoms with Crippen LogP contribution >= 0.6 is 23.1 Å². The number of esters is 1. The molecule has 0 bridgehead atoms. The summed E-state index contributed by atoms with van der Waals surface area (Å²) in [5.74, 6) is -0.623. The van der Waals surface area contributed by atoms with E-state index in [9.17, 15) is 18.0 Å². The van der Waals surface area contributed by atoms with Crippen LogP contribution in [0, 0.1) is 19.8 Å². The zero-order chi connectivity index (χ0) is 25.8. The molecule has 0 fully saturated rings. The number of nitrogens with one attached hydrogen (secondary N) is 1. The van der Waals surface area contributed by atoms with E-state index < -0.39 is 15.8 Å². The molecule has 0 aliphatic rings. The van der Waals surface area contributed by atoms with Crippen molar-refractivity contribution in [3.05, 3.63) is 46.2 Å². The van der Waals surface area contributed by atoms with Crippen LogP contribution in [0.2, 0.25) is 0 Å².